The Labute approximate surface area is 104 Å². The Kier molecular flexibility index (Phi) is 3.98. The number of aldehydes is 1. The van der Waals surface area contributed by atoms with Gasteiger partial charge in [-0.1, -0.05) is 44.4 Å². The summed E-state index contributed by atoms with van der Waals surface area (Å²) in [4.78, 5) is 11.0. The van der Waals surface area contributed by atoms with Gasteiger partial charge in [-0.05, 0) is 42.7 Å². The first-order valence-corrected chi connectivity index (χ1v) is 6.82. The molecule has 1 aromatic rings. The maximum Gasteiger partial charge on any atom is 0.150 e. The van der Waals surface area contributed by atoms with E-state index in [-0.39, 0.29) is 0 Å². The quantitative estimate of drug-likeness (QED) is 0.699. The molecule has 0 aromatic heterocycles. The Hall–Kier alpha value is -1.11. The van der Waals surface area contributed by atoms with Crippen LogP contribution < -0.4 is 0 Å². The van der Waals surface area contributed by atoms with Crippen molar-refractivity contribution in [3.8, 4) is 0 Å². The first-order chi connectivity index (χ1) is 8.27. The molecule has 1 aliphatic carbocycles. The second kappa shape index (κ2) is 5.48. The van der Waals surface area contributed by atoms with Gasteiger partial charge in [0.15, 0.2) is 0 Å². The van der Waals surface area contributed by atoms with Gasteiger partial charge in [-0.15, -0.1) is 0 Å². The van der Waals surface area contributed by atoms with Crippen LogP contribution in [0.15, 0.2) is 18.2 Å². The fourth-order valence-electron chi connectivity index (χ4n) is 3.31. The van der Waals surface area contributed by atoms with Gasteiger partial charge >= 0.3 is 0 Å². The molecular formula is C16H22O. The Morgan fingerprint density at radius 3 is 2.76 bits per heavy atom. The van der Waals surface area contributed by atoms with Crippen LogP contribution in [0, 0.1) is 12.8 Å². The molecule has 1 aliphatic rings. The summed E-state index contributed by atoms with van der Waals surface area (Å²) in [5.41, 5.74) is 3.48. The number of rotatable bonds is 3. The summed E-state index contributed by atoms with van der Waals surface area (Å²) in [6, 6.07) is 6.18. The summed E-state index contributed by atoms with van der Waals surface area (Å²) in [5, 5.41) is 0. The number of hydrogen-bond donors (Lipinski definition) is 0. The zero-order chi connectivity index (χ0) is 12.3. The van der Waals surface area contributed by atoms with Crippen LogP contribution in [-0.2, 0) is 0 Å². The minimum Gasteiger partial charge on any atom is -0.298 e. The van der Waals surface area contributed by atoms with Crippen LogP contribution >= 0.6 is 0 Å². The van der Waals surface area contributed by atoms with Crippen molar-refractivity contribution >= 4 is 6.29 Å². The fraction of sp³-hybridized carbons (Fsp3) is 0.562. The highest BCUT2D eigenvalue weighted by Gasteiger charge is 2.26. The number of carbonyl (C=O) groups excluding carboxylic acids is 1. The molecule has 0 saturated heterocycles. The largest absolute Gasteiger partial charge is 0.298 e. The standard InChI is InChI=1S/C16H22O/c1-3-13-7-4-5-9-16(13)15-10-6-8-14(11-17)12(15)2/h6,8,10-11,13,16H,3-5,7,9H2,1-2H3. The summed E-state index contributed by atoms with van der Waals surface area (Å²) in [6.45, 7) is 4.39. The Morgan fingerprint density at radius 2 is 2.06 bits per heavy atom. The van der Waals surface area contributed by atoms with Crippen LogP contribution in [0.5, 0.6) is 0 Å². The molecule has 0 spiro atoms. The molecule has 0 N–H and O–H groups in total. The van der Waals surface area contributed by atoms with E-state index in [1.807, 2.05) is 12.1 Å². The third-order valence-electron chi connectivity index (χ3n) is 4.38. The summed E-state index contributed by atoms with van der Waals surface area (Å²) in [6.07, 6.45) is 7.61. The molecule has 1 fully saturated rings. The van der Waals surface area contributed by atoms with Crippen molar-refractivity contribution in [2.24, 2.45) is 5.92 Å². The van der Waals surface area contributed by atoms with Gasteiger partial charge in [0.2, 0.25) is 0 Å². The van der Waals surface area contributed by atoms with Crippen molar-refractivity contribution in [3.05, 3.63) is 34.9 Å². The SMILES string of the molecule is CCC1CCCCC1c1cccc(C=O)c1C. The first kappa shape index (κ1) is 12.3. The number of hydrogen-bond acceptors (Lipinski definition) is 1. The number of carbonyl (C=O) groups is 1. The van der Waals surface area contributed by atoms with Crippen molar-refractivity contribution in [2.45, 2.75) is 51.9 Å². The van der Waals surface area contributed by atoms with E-state index in [0.717, 1.165) is 17.8 Å². The smallest absolute Gasteiger partial charge is 0.150 e. The highest BCUT2D eigenvalue weighted by atomic mass is 16.1. The van der Waals surface area contributed by atoms with Crippen LogP contribution in [0.2, 0.25) is 0 Å². The molecule has 1 nitrogen and oxygen atoms in total. The molecule has 1 saturated carbocycles. The predicted molar refractivity (Wildman–Crippen MR) is 71.6 cm³/mol. The van der Waals surface area contributed by atoms with E-state index in [0.29, 0.717) is 5.92 Å². The van der Waals surface area contributed by atoms with Gasteiger partial charge in [0.25, 0.3) is 0 Å². The lowest BCUT2D eigenvalue weighted by molar-refractivity contribution is 0.112. The summed E-state index contributed by atoms with van der Waals surface area (Å²) in [7, 11) is 0. The van der Waals surface area contributed by atoms with E-state index in [1.165, 1.54) is 43.2 Å². The lowest BCUT2D eigenvalue weighted by atomic mass is 9.73. The normalized spacial score (nSPS) is 24.6. The molecule has 17 heavy (non-hydrogen) atoms. The van der Waals surface area contributed by atoms with Crippen molar-refractivity contribution < 1.29 is 4.79 Å². The molecule has 0 bridgehead atoms. The zero-order valence-electron chi connectivity index (χ0n) is 10.9. The van der Waals surface area contributed by atoms with Crippen LogP contribution in [0.25, 0.3) is 0 Å². The average Bonchev–Trinajstić information content (AvgIpc) is 2.39. The van der Waals surface area contributed by atoms with Crippen LogP contribution in [0.4, 0.5) is 0 Å². The molecule has 0 radical (unpaired) electrons. The molecule has 92 valence electrons. The van der Waals surface area contributed by atoms with E-state index < -0.39 is 0 Å². The molecule has 0 amide bonds. The first-order valence-electron chi connectivity index (χ1n) is 6.82. The topological polar surface area (TPSA) is 17.1 Å². The van der Waals surface area contributed by atoms with Crippen LogP contribution in [0.3, 0.4) is 0 Å². The van der Waals surface area contributed by atoms with Crippen LogP contribution in [0.1, 0.15) is 66.4 Å². The van der Waals surface area contributed by atoms with Gasteiger partial charge in [0.05, 0.1) is 0 Å². The van der Waals surface area contributed by atoms with Crippen LogP contribution in [-0.4, -0.2) is 6.29 Å². The Balaban J connectivity index is 2.34. The molecule has 0 heterocycles. The maximum atomic E-state index is 11.0. The van der Waals surface area contributed by atoms with E-state index in [4.69, 9.17) is 0 Å². The fourth-order valence-corrected chi connectivity index (χ4v) is 3.31. The summed E-state index contributed by atoms with van der Waals surface area (Å²) >= 11 is 0. The predicted octanol–water partition coefficient (Wildman–Crippen LogP) is 4.49. The van der Waals surface area contributed by atoms with Gasteiger partial charge in [-0.3, -0.25) is 4.79 Å². The van der Waals surface area contributed by atoms with Crippen molar-refractivity contribution in [1.82, 2.24) is 0 Å². The average molecular weight is 230 g/mol. The van der Waals surface area contributed by atoms with Crippen molar-refractivity contribution in [3.63, 3.8) is 0 Å². The van der Waals surface area contributed by atoms with Gasteiger partial charge < -0.3 is 0 Å². The molecule has 2 unspecified atom stereocenters. The van der Waals surface area contributed by atoms with E-state index in [1.54, 1.807) is 0 Å². The van der Waals surface area contributed by atoms with Crippen molar-refractivity contribution in [2.75, 3.05) is 0 Å². The summed E-state index contributed by atoms with van der Waals surface area (Å²) in [5.74, 6) is 1.48. The molecular weight excluding hydrogens is 208 g/mol. The van der Waals surface area contributed by atoms with Crippen molar-refractivity contribution in [1.29, 1.82) is 0 Å². The molecule has 2 atom stereocenters. The third-order valence-corrected chi connectivity index (χ3v) is 4.38. The molecule has 0 aliphatic heterocycles. The molecule has 1 heteroatoms. The van der Waals surface area contributed by atoms with Gasteiger partial charge in [0.1, 0.15) is 6.29 Å². The number of benzene rings is 1. The highest BCUT2D eigenvalue weighted by Crippen LogP contribution is 2.40. The van der Waals surface area contributed by atoms with E-state index in [2.05, 4.69) is 19.9 Å². The molecule has 2 rings (SSSR count). The summed E-state index contributed by atoms with van der Waals surface area (Å²) < 4.78 is 0. The second-order valence-electron chi connectivity index (χ2n) is 5.24. The second-order valence-corrected chi connectivity index (χ2v) is 5.24. The lowest BCUT2D eigenvalue weighted by Gasteiger charge is -2.32. The maximum absolute atomic E-state index is 11.0. The zero-order valence-corrected chi connectivity index (χ0v) is 10.9. The van der Waals surface area contributed by atoms with E-state index >= 15 is 0 Å². The Bertz CT molecular complexity index is 395. The lowest BCUT2D eigenvalue weighted by Crippen LogP contribution is -2.18. The highest BCUT2D eigenvalue weighted by molar-refractivity contribution is 5.77. The van der Waals surface area contributed by atoms with Gasteiger partial charge in [-0.25, -0.2) is 0 Å². The van der Waals surface area contributed by atoms with Gasteiger partial charge in [0, 0.05) is 5.56 Å². The minimum atomic E-state index is 0.675. The van der Waals surface area contributed by atoms with E-state index in [9.17, 15) is 4.79 Å². The monoisotopic (exact) mass is 230 g/mol. The van der Waals surface area contributed by atoms with Gasteiger partial charge in [-0.2, -0.15) is 0 Å². The molecule has 1 aromatic carbocycles. The minimum absolute atomic E-state index is 0.675. The third kappa shape index (κ3) is 2.43. The Morgan fingerprint density at radius 1 is 1.29 bits per heavy atom.